The van der Waals surface area contributed by atoms with Crippen molar-refractivity contribution in [1.82, 2.24) is 10.6 Å². The molecule has 0 heterocycles. The molecule has 4 nitrogen and oxygen atoms in total. The van der Waals surface area contributed by atoms with Crippen molar-refractivity contribution in [3.05, 3.63) is 68.8 Å². The highest BCUT2D eigenvalue weighted by molar-refractivity contribution is 14.1. The highest BCUT2D eigenvalue weighted by atomic mass is 127. The van der Waals surface area contributed by atoms with E-state index < -0.39 is 0 Å². The van der Waals surface area contributed by atoms with Crippen molar-refractivity contribution in [3.8, 4) is 0 Å². The minimum absolute atomic E-state index is 0.123. The molecule has 2 N–H and O–H groups in total. The van der Waals surface area contributed by atoms with Crippen molar-refractivity contribution in [1.29, 1.82) is 0 Å². The van der Waals surface area contributed by atoms with Gasteiger partial charge in [-0.15, -0.1) is 0 Å². The van der Waals surface area contributed by atoms with E-state index in [0.29, 0.717) is 24.2 Å². The quantitative estimate of drug-likeness (QED) is 0.591. The third-order valence-electron chi connectivity index (χ3n) is 3.20. The number of aryl methyl sites for hydroxylation is 1. The van der Waals surface area contributed by atoms with Crippen molar-refractivity contribution >= 4 is 34.4 Å². The first-order valence-electron chi connectivity index (χ1n) is 6.96. The molecular weight excluding hydrogens is 391 g/mol. The van der Waals surface area contributed by atoms with Crippen LogP contribution in [0.1, 0.15) is 26.3 Å². The molecule has 114 valence electrons. The maximum Gasteiger partial charge on any atom is 0.252 e. The Kier molecular flexibility index (Phi) is 5.94. The second kappa shape index (κ2) is 7.93. The summed E-state index contributed by atoms with van der Waals surface area (Å²) in [6.07, 6.45) is 0. The molecule has 0 unspecified atom stereocenters. The Hall–Kier alpha value is -1.89. The average Bonchev–Trinajstić information content (AvgIpc) is 2.52. The summed E-state index contributed by atoms with van der Waals surface area (Å²) in [6.45, 7) is 2.68. The van der Waals surface area contributed by atoms with Gasteiger partial charge in [-0.05, 0) is 53.3 Å². The van der Waals surface area contributed by atoms with Gasteiger partial charge in [0.05, 0.1) is 5.56 Å². The smallest absolute Gasteiger partial charge is 0.252 e. The first-order chi connectivity index (χ1) is 10.6. The lowest BCUT2D eigenvalue weighted by atomic mass is 10.1. The van der Waals surface area contributed by atoms with Crippen molar-refractivity contribution < 1.29 is 9.59 Å². The maximum atomic E-state index is 12.0. The third-order valence-corrected chi connectivity index (χ3v) is 4.14. The van der Waals surface area contributed by atoms with Crippen molar-refractivity contribution in [2.24, 2.45) is 0 Å². The van der Waals surface area contributed by atoms with Crippen LogP contribution in [0.2, 0.25) is 0 Å². The van der Waals surface area contributed by atoms with Crippen LogP contribution < -0.4 is 10.6 Å². The topological polar surface area (TPSA) is 58.2 Å². The van der Waals surface area contributed by atoms with E-state index in [1.54, 1.807) is 12.1 Å². The van der Waals surface area contributed by atoms with Gasteiger partial charge in [0.1, 0.15) is 0 Å². The number of rotatable bonds is 5. The summed E-state index contributed by atoms with van der Waals surface area (Å²) in [7, 11) is 0. The van der Waals surface area contributed by atoms with Gasteiger partial charge in [-0.1, -0.05) is 30.3 Å². The number of halogens is 1. The van der Waals surface area contributed by atoms with Crippen LogP contribution in [0, 0.1) is 10.5 Å². The van der Waals surface area contributed by atoms with Crippen LogP contribution in [0.4, 0.5) is 0 Å². The average molecular weight is 408 g/mol. The molecule has 2 amide bonds. The van der Waals surface area contributed by atoms with Crippen molar-refractivity contribution in [2.45, 2.75) is 6.92 Å². The number of benzene rings is 2. The van der Waals surface area contributed by atoms with E-state index in [-0.39, 0.29) is 11.8 Å². The van der Waals surface area contributed by atoms with Crippen LogP contribution in [-0.4, -0.2) is 24.9 Å². The van der Waals surface area contributed by atoms with Crippen LogP contribution in [-0.2, 0) is 0 Å². The predicted octanol–water partition coefficient (Wildman–Crippen LogP) is 2.76. The molecule has 0 aliphatic rings. The summed E-state index contributed by atoms with van der Waals surface area (Å²) in [5.41, 5.74) is 2.24. The third kappa shape index (κ3) is 4.30. The van der Waals surface area contributed by atoms with Gasteiger partial charge in [0.25, 0.3) is 11.8 Å². The van der Waals surface area contributed by atoms with Gasteiger partial charge in [0.2, 0.25) is 0 Å². The molecule has 5 heteroatoms. The number of amides is 2. The fraction of sp³-hybridized carbons (Fsp3) is 0.176. The SMILES string of the molecule is Cc1ccccc1C(=O)NCCNC(=O)c1ccccc1I. The number of carbonyl (C=O) groups is 2. The molecule has 0 bridgehead atoms. The molecule has 0 radical (unpaired) electrons. The molecule has 22 heavy (non-hydrogen) atoms. The van der Waals surface area contributed by atoms with Crippen LogP contribution in [0.15, 0.2) is 48.5 Å². The van der Waals surface area contributed by atoms with E-state index in [2.05, 4.69) is 33.2 Å². The summed E-state index contributed by atoms with van der Waals surface area (Å²) >= 11 is 2.13. The zero-order chi connectivity index (χ0) is 15.9. The second-order valence-electron chi connectivity index (χ2n) is 4.81. The Morgan fingerprint density at radius 3 is 1.95 bits per heavy atom. The van der Waals surface area contributed by atoms with Crippen LogP contribution >= 0.6 is 22.6 Å². The van der Waals surface area contributed by atoms with Crippen LogP contribution in [0.5, 0.6) is 0 Å². The van der Waals surface area contributed by atoms with E-state index in [1.165, 1.54) is 0 Å². The molecule has 2 aromatic carbocycles. The lowest BCUT2D eigenvalue weighted by Crippen LogP contribution is -2.35. The van der Waals surface area contributed by atoms with E-state index in [9.17, 15) is 9.59 Å². The Morgan fingerprint density at radius 1 is 0.864 bits per heavy atom. The van der Waals surface area contributed by atoms with Crippen LogP contribution in [0.3, 0.4) is 0 Å². The molecule has 0 aromatic heterocycles. The summed E-state index contributed by atoms with van der Waals surface area (Å²) in [5.74, 6) is -0.253. The standard InChI is InChI=1S/C17H17IN2O2/c1-12-6-2-3-7-13(12)16(21)19-10-11-20-17(22)14-8-4-5-9-15(14)18/h2-9H,10-11H2,1H3,(H,19,21)(H,20,22). The minimum atomic E-state index is -0.129. The maximum absolute atomic E-state index is 12.0. The summed E-state index contributed by atoms with van der Waals surface area (Å²) in [4.78, 5) is 24.0. The zero-order valence-corrected chi connectivity index (χ0v) is 14.4. The van der Waals surface area contributed by atoms with Gasteiger partial charge in [-0.3, -0.25) is 9.59 Å². The molecule has 0 aliphatic heterocycles. The lowest BCUT2D eigenvalue weighted by Gasteiger charge is -2.09. The second-order valence-corrected chi connectivity index (χ2v) is 5.97. The molecule has 0 atom stereocenters. The Morgan fingerprint density at radius 2 is 1.36 bits per heavy atom. The lowest BCUT2D eigenvalue weighted by molar-refractivity contribution is 0.0927. The van der Waals surface area contributed by atoms with Crippen LogP contribution in [0.25, 0.3) is 0 Å². The molecule has 0 saturated carbocycles. The highest BCUT2D eigenvalue weighted by Gasteiger charge is 2.09. The molecule has 0 fully saturated rings. The molecule has 2 rings (SSSR count). The summed E-state index contributed by atoms with van der Waals surface area (Å²) in [5, 5.41) is 5.61. The fourth-order valence-corrected chi connectivity index (χ4v) is 2.65. The number of hydrogen-bond acceptors (Lipinski definition) is 2. The number of hydrogen-bond donors (Lipinski definition) is 2. The first-order valence-corrected chi connectivity index (χ1v) is 8.04. The fourth-order valence-electron chi connectivity index (χ4n) is 2.02. The summed E-state index contributed by atoms with van der Waals surface area (Å²) in [6, 6.07) is 14.8. The minimum Gasteiger partial charge on any atom is -0.350 e. The van der Waals surface area contributed by atoms with E-state index in [0.717, 1.165) is 9.13 Å². The Balaban J connectivity index is 1.80. The van der Waals surface area contributed by atoms with Gasteiger partial charge >= 0.3 is 0 Å². The van der Waals surface area contributed by atoms with Crippen molar-refractivity contribution in [2.75, 3.05) is 13.1 Å². The van der Waals surface area contributed by atoms with Gasteiger partial charge < -0.3 is 10.6 Å². The molecule has 0 spiro atoms. The largest absolute Gasteiger partial charge is 0.350 e. The molecular formula is C17H17IN2O2. The normalized spacial score (nSPS) is 10.1. The Bertz CT molecular complexity index is 626. The zero-order valence-electron chi connectivity index (χ0n) is 12.2. The van der Waals surface area contributed by atoms with Gasteiger partial charge in [-0.2, -0.15) is 0 Å². The van der Waals surface area contributed by atoms with E-state index >= 15 is 0 Å². The number of carbonyl (C=O) groups excluding carboxylic acids is 2. The first kappa shape index (κ1) is 16.5. The summed E-state index contributed by atoms with van der Waals surface area (Å²) < 4.78 is 0.904. The predicted molar refractivity (Wildman–Crippen MR) is 95.0 cm³/mol. The van der Waals surface area contributed by atoms with E-state index in [1.807, 2.05) is 43.3 Å². The van der Waals surface area contributed by atoms with Gasteiger partial charge in [-0.25, -0.2) is 0 Å². The van der Waals surface area contributed by atoms with Gasteiger partial charge in [0, 0.05) is 22.2 Å². The highest BCUT2D eigenvalue weighted by Crippen LogP contribution is 2.10. The molecule has 0 saturated heterocycles. The number of nitrogens with one attached hydrogen (secondary N) is 2. The Labute approximate surface area is 143 Å². The van der Waals surface area contributed by atoms with E-state index in [4.69, 9.17) is 0 Å². The molecule has 2 aromatic rings. The van der Waals surface area contributed by atoms with Crippen molar-refractivity contribution in [3.63, 3.8) is 0 Å². The van der Waals surface area contributed by atoms with Gasteiger partial charge in [0.15, 0.2) is 0 Å². The monoisotopic (exact) mass is 408 g/mol. The molecule has 0 aliphatic carbocycles.